The highest BCUT2D eigenvalue weighted by atomic mass is 19.4. The SMILES string of the molecule is CCOc1ccc(-n2c(C3COC(C4=CCCN=C4)N3C(=O)Cc3ccc(C(F)(F)F)c(F)c3)nc3ccccc3c2=O)cc1. The largest absolute Gasteiger partial charge is 0.494 e. The minimum Gasteiger partial charge on any atom is -0.494 e. The number of nitrogens with zero attached hydrogens (tertiary/aromatic N) is 4. The van der Waals surface area contributed by atoms with Crippen LogP contribution < -0.4 is 10.3 Å². The number of amides is 1. The number of carbonyl (C=O) groups excluding carboxylic acids is 1. The third kappa shape index (κ3) is 5.97. The second kappa shape index (κ2) is 12.3. The number of aliphatic imine (C=N–C) groups is 1. The molecule has 0 saturated carbocycles. The van der Waals surface area contributed by atoms with Gasteiger partial charge in [0.1, 0.15) is 23.4 Å². The summed E-state index contributed by atoms with van der Waals surface area (Å²) < 4.78 is 67.1. The Morgan fingerprint density at radius 2 is 1.87 bits per heavy atom. The molecule has 0 aliphatic carbocycles. The minimum absolute atomic E-state index is 0.0369. The highest BCUT2D eigenvalue weighted by Crippen LogP contribution is 2.36. The van der Waals surface area contributed by atoms with Gasteiger partial charge in [-0.25, -0.2) is 9.37 Å². The number of carbonyl (C=O) groups is 1. The number of hydrogen-bond acceptors (Lipinski definition) is 6. The molecular weight excluding hydrogens is 592 g/mol. The van der Waals surface area contributed by atoms with Crippen molar-refractivity contribution in [3.8, 4) is 11.4 Å². The molecule has 12 heteroatoms. The first-order chi connectivity index (χ1) is 21.7. The Hall–Kier alpha value is -4.84. The van der Waals surface area contributed by atoms with Crippen molar-refractivity contribution in [1.82, 2.24) is 14.5 Å². The van der Waals surface area contributed by atoms with Gasteiger partial charge >= 0.3 is 6.18 Å². The molecule has 0 bridgehead atoms. The number of rotatable bonds is 7. The molecule has 2 aliphatic heterocycles. The highest BCUT2D eigenvalue weighted by molar-refractivity contribution is 5.85. The second-order valence-corrected chi connectivity index (χ2v) is 10.6. The van der Waals surface area contributed by atoms with E-state index in [-0.39, 0.29) is 23.6 Å². The van der Waals surface area contributed by atoms with Crippen molar-refractivity contribution in [3.05, 3.63) is 112 Å². The summed E-state index contributed by atoms with van der Waals surface area (Å²) in [6, 6.07) is 15.3. The summed E-state index contributed by atoms with van der Waals surface area (Å²) in [5.41, 5.74) is -0.209. The molecule has 0 N–H and O–H groups in total. The maximum Gasteiger partial charge on any atom is 0.419 e. The van der Waals surface area contributed by atoms with Crippen LogP contribution in [0.1, 0.15) is 36.3 Å². The standard InChI is InChI=1S/C33H28F4N4O4/c1-2-44-23-12-10-22(11-13-23)40-30(39-27-8-4-3-7-24(27)31(40)43)28-19-45-32(21-6-5-15-38-18-21)41(28)29(42)17-20-9-14-25(26(34)16-20)33(35,36)37/h3-4,6-14,16,18,28,32H,2,5,15,17,19H2,1H3. The Morgan fingerprint density at radius 3 is 2.56 bits per heavy atom. The Morgan fingerprint density at radius 1 is 1.09 bits per heavy atom. The molecular formula is C33H28F4N4O4. The summed E-state index contributed by atoms with van der Waals surface area (Å²) in [6.07, 6.45) is -2.08. The van der Waals surface area contributed by atoms with Crippen LogP contribution >= 0.6 is 0 Å². The van der Waals surface area contributed by atoms with Crippen molar-refractivity contribution in [1.29, 1.82) is 0 Å². The van der Waals surface area contributed by atoms with Crippen LogP contribution in [0.3, 0.4) is 0 Å². The lowest BCUT2D eigenvalue weighted by atomic mass is 10.1. The van der Waals surface area contributed by atoms with Crippen molar-refractivity contribution in [2.45, 2.75) is 38.2 Å². The molecule has 1 aromatic heterocycles. The molecule has 232 valence electrons. The van der Waals surface area contributed by atoms with Crippen LogP contribution in [0.4, 0.5) is 17.6 Å². The van der Waals surface area contributed by atoms with E-state index < -0.39 is 42.2 Å². The predicted octanol–water partition coefficient (Wildman–Crippen LogP) is 5.81. The fourth-order valence-corrected chi connectivity index (χ4v) is 5.61. The van der Waals surface area contributed by atoms with Gasteiger partial charge < -0.3 is 9.47 Å². The summed E-state index contributed by atoms with van der Waals surface area (Å²) in [6.45, 7) is 2.85. The van der Waals surface area contributed by atoms with Crippen molar-refractivity contribution in [2.75, 3.05) is 19.8 Å². The molecule has 6 rings (SSSR count). The number of aromatic nitrogens is 2. The van der Waals surface area contributed by atoms with E-state index in [0.717, 1.165) is 6.07 Å². The Kier molecular flexibility index (Phi) is 8.24. The van der Waals surface area contributed by atoms with Crippen LogP contribution in [0.25, 0.3) is 16.6 Å². The molecule has 2 unspecified atom stereocenters. The fraction of sp³-hybridized carbons (Fsp3) is 0.273. The lowest BCUT2D eigenvalue weighted by Gasteiger charge is -2.30. The summed E-state index contributed by atoms with van der Waals surface area (Å²) in [5.74, 6) is -1.19. The van der Waals surface area contributed by atoms with Gasteiger partial charge in [0, 0.05) is 18.3 Å². The quantitative estimate of drug-likeness (QED) is 0.244. The van der Waals surface area contributed by atoms with Crippen molar-refractivity contribution >= 4 is 23.0 Å². The van der Waals surface area contributed by atoms with Gasteiger partial charge in [-0.05, 0) is 67.4 Å². The van der Waals surface area contributed by atoms with Crippen LogP contribution in [-0.4, -0.2) is 52.6 Å². The summed E-state index contributed by atoms with van der Waals surface area (Å²) in [4.78, 5) is 38.6. The molecule has 2 atom stereocenters. The molecule has 8 nitrogen and oxygen atoms in total. The van der Waals surface area contributed by atoms with E-state index in [0.29, 0.717) is 59.6 Å². The number of dihydropyridines is 1. The molecule has 2 aliphatic rings. The zero-order valence-corrected chi connectivity index (χ0v) is 24.1. The van der Waals surface area contributed by atoms with Crippen LogP contribution in [0.2, 0.25) is 0 Å². The highest BCUT2D eigenvalue weighted by Gasteiger charge is 2.43. The van der Waals surface area contributed by atoms with Gasteiger partial charge in [0.2, 0.25) is 5.91 Å². The third-order valence-corrected chi connectivity index (χ3v) is 7.65. The predicted molar refractivity (Wildman–Crippen MR) is 159 cm³/mol. The number of ether oxygens (including phenoxy) is 2. The number of para-hydroxylation sites is 1. The lowest BCUT2D eigenvalue weighted by molar-refractivity contribution is -0.140. The first-order valence-corrected chi connectivity index (χ1v) is 14.4. The number of benzene rings is 3. The minimum atomic E-state index is -4.87. The van der Waals surface area contributed by atoms with Gasteiger partial charge in [0.05, 0.1) is 41.8 Å². The summed E-state index contributed by atoms with van der Waals surface area (Å²) in [5, 5.41) is 0.367. The van der Waals surface area contributed by atoms with Crippen molar-refractivity contribution in [2.24, 2.45) is 4.99 Å². The number of hydrogen-bond donors (Lipinski definition) is 0. The van der Waals surface area contributed by atoms with Gasteiger partial charge in [0.25, 0.3) is 5.56 Å². The zero-order chi connectivity index (χ0) is 31.7. The molecule has 3 aromatic carbocycles. The average Bonchev–Trinajstić information content (AvgIpc) is 3.47. The van der Waals surface area contributed by atoms with E-state index in [2.05, 4.69) is 4.99 Å². The second-order valence-electron chi connectivity index (χ2n) is 10.6. The molecule has 1 saturated heterocycles. The van der Waals surface area contributed by atoms with E-state index >= 15 is 0 Å². The Labute approximate surface area is 255 Å². The maximum atomic E-state index is 14.4. The molecule has 4 aromatic rings. The molecule has 1 amide bonds. The topological polar surface area (TPSA) is 86.0 Å². The van der Waals surface area contributed by atoms with E-state index in [4.69, 9.17) is 14.5 Å². The van der Waals surface area contributed by atoms with E-state index in [1.165, 1.54) is 9.47 Å². The average molecular weight is 621 g/mol. The number of alkyl halides is 3. The van der Waals surface area contributed by atoms with Crippen molar-refractivity contribution < 1.29 is 31.8 Å². The molecule has 0 spiro atoms. The van der Waals surface area contributed by atoms with E-state index in [1.807, 2.05) is 13.0 Å². The maximum absolute atomic E-state index is 14.4. The Bertz CT molecular complexity index is 1870. The molecule has 1 fully saturated rings. The van der Waals surface area contributed by atoms with E-state index in [1.54, 1.807) is 54.7 Å². The molecule has 0 radical (unpaired) electrons. The van der Waals surface area contributed by atoms with Crippen LogP contribution in [-0.2, 0) is 22.1 Å². The third-order valence-electron chi connectivity index (χ3n) is 7.65. The molecule has 3 heterocycles. The van der Waals surface area contributed by atoms with E-state index in [9.17, 15) is 27.2 Å². The van der Waals surface area contributed by atoms with Crippen LogP contribution in [0, 0.1) is 5.82 Å². The van der Waals surface area contributed by atoms with Gasteiger partial charge in [-0.1, -0.05) is 24.3 Å². The van der Waals surface area contributed by atoms with Crippen LogP contribution in [0.15, 0.2) is 88.2 Å². The van der Waals surface area contributed by atoms with Gasteiger partial charge in [-0.15, -0.1) is 0 Å². The number of halogens is 4. The first-order valence-electron chi connectivity index (χ1n) is 14.4. The van der Waals surface area contributed by atoms with Gasteiger partial charge in [-0.3, -0.25) is 24.0 Å². The van der Waals surface area contributed by atoms with Crippen LogP contribution in [0.5, 0.6) is 5.75 Å². The zero-order valence-electron chi connectivity index (χ0n) is 24.1. The monoisotopic (exact) mass is 620 g/mol. The van der Waals surface area contributed by atoms with Gasteiger partial charge in [0.15, 0.2) is 6.23 Å². The normalized spacial score (nSPS) is 18.3. The first kappa shape index (κ1) is 30.2. The molecule has 45 heavy (non-hydrogen) atoms. The van der Waals surface area contributed by atoms with Crippen molar-refractivity contribution in [3.63, 3.8) is 0 Å². The summed E-state index contributed by atoms with van der Waals surface area (Å²) in [7, 11) is 0. The lowest BCUT2D eigenvalue weighted by Crippen LogP contribution is -2.42. The number of fused-ring (bicyclic) bond motifs is 1. The Balaban J connectivity index is 1.46. The summed E-state index contributed by atoms with van der Waals surface area (Å²) >= 11 is 0. The fourth-order valence-electron chi connectivity index (χ4n) is 5.61. The van der Waals surface area contributed by atoms with Gasteiger partial charge in [-0.2, -0.15) is 13.2 Å². The smallest absolute Gasteiger partial charge is 0.419 e.